The summed E-state index contributed by atoms with van der Waals surface area (Å²) in [5.41, 5.74) is 3.25. The van der Waals surface area contributed by atoms with E-state index in [9.17, 15) is 0 Å². The summed E-state index contributed by atoms with van der Waals surface area (Å²) in [7, 11) is 1.69. The third kappa shape index (κ3) is 3.39. The van der Waals surface area contributed by atoms with Crippen LogP contribution >= 0.6 is 0 Å². The van der Waals surface area contributed by atoms with Crippen molar-refractivity contribution < 1.29 is 4.74 Å². The van der Waals surface area contributed by atoms with E-state index in [-0.39, 0.29) is 0 Å². The highest BCUT2D eigenvalue weighted by Crippen LogP contribution is 2.29. The largest absolute Gasteiger partial charge is 0.496 e. The predicted octanol–water partition coefficient (Wildman–Crippen LogP) is 3.28. The quantitative estimate of drug-likeness (QED) is 0.849. The van der Waals surface area contributed by atoms with Crippen molar-refractivity contribution in [2.75, 3.05) is 7.11 Å². The number of nitrogens with zero attached hydrogens (tertiary/aromatic N) is 1. The van der Waals surface area contributed by atoms with Gasteiger partial charge >= 0.3 is 0 Å². The summed E-state index contributed by atoms with van der Waals surface area (Å²) in [4.78, 5) is 7.79. The molecule has 1 unspecified atom stereocenters. The Labute approximate surface area is 120 Å². The van der Waals surface area contributed by atoms with Gasteiger partial charge in [-0.1, -0.05) is 18.6 Å². The van der Waals surface area contributed by atoms with E-state index in [1.807, 2.05) is 18.3 Å². The molecule has 2 N–H and O–H groups in total. The summed E-state index contributed by atoms with van der Waals surface area (Å²) in [6.07, 6.45) is 2.98. The Hall–Kier alpha value is -1.81. The first-order valence-electron chi connectivity index (χ1n) is 7.06. The number of hydrogen-bond acceptors (Lipinski definition) is 3. The molecule has 4 nitrogen and oxygen atoms in total. The number of methoxy groups -OCH3 is 1. The van der Waals surface area contributed by atoms with Crippen molar-refractivity contribution in [3.63, 3.8) is 0 Å². The van der Waals surface area contributed by atoms with Gasteiger partial charge in [-0.25, -0.2) is 4.98 Å². The van der Waals surface area contributed by atoms with Gasteiger partial charge in [0.15, 0.2) is 0 Å². The lowest BCUT2D eigenvalue weighted by Crippen LogP contribution is -2.24. The number of aromatic amines is 1. The summed E-state index contributed by atoms with van der Waals surface area (Å²) < 4.78 is 5.42. The van der Waals surface area contributed by atoms with Gasteiger partial charge in [0.1, 0.15) is 11.6 Å². The summed E-state index contributed by atoms with van der Waals surface area (Å²) in [6, 6.07) is 6.64. The fraction of sp³-hybridized carbons (Fsp3) is 0.438. The van der Waals surface area contributed by atoms with E-state index in [2.05, 4.69) is 42.1 Å². The molecule has 2 aromatic rings. The Bertz CT molecular complexity index is 563. The smallest absolute Gasteiger partial charge is 0.128 e. The average Bonchev–Trinajstić information content (AvgIpc) is 2.93. The molecule has 0 aliphatic rings. The maximum atomic E-state index is 5.42. The average molecular weight is 273 g/mol. The van der Waals surface area contributed by atoms with E-state index in [4.69, 9.17) is 4.74 Å². The highest BCUT2D eigenvalue weighted by molar-refractivity contribution is 5.67. The molecule has 0 aliphatic heterocycles. The molecular formula is C16H23N3O. The highest BCUT2D eigenvalue weighted by Gasteiger charge is 2.09. The van der Waals surface area contributed by atoms with Crippen molar-refractivity contribution in [2.45, 2.75) is 39.8 Å². The second kappa shape index (κ2) is 6.57. The Morgan fingerprint density at radius 1 is 1.40 bits per heavy atom. The summed E-state index contributed by atoms with van der Waals surface area (Å²) in [5, 5.41) is 3.43. The number of hydrogen-bond donors (Lipinski definition) is 2. The number of rotatable bonds is 6. The molecule has 0 fully saturated rings. The van der Waals surface area contributed by atoms with E-state index in [0.29, 0.717) is 6.04 Å². The van der Waals surface area contributed by atoms with Gasteiger partial charge < -0.3 is 15.0 Å². The zero-order chi connectivity index (χ0) is 14.5. The van der Waals surface area contributed by atoms with Crippen LogP contribution in [0.5, 0.6) is 5.75 Å². The van der Waals surface area contributed by atoms with Crippen LogP contribution in [0.4, 0.5) is 0 Å². The second-order valence-corrected chi connectivity index (χ2v) is 5.14. The van der Waals surface area contributed by atoms with E-state index < -0.39 is 0 Å². The maximum absolute atomic E-state index is 5.42. The fourth-order valence-corrected chi connectivity index (χ4v) is 2.04. The minimum Gasteiger partial charge on any atom is -0.496 e. The zero-order valence-electron chi connectivity index (χ0n) is 12.7. The summed E-state index contributed by atoms with van der Waals surface area (Å²) >= 11 is 0. The molecule has 1 aromatic heterocycles. The lowest BCUT2D eigenvalue weighted by atomic mass is 10.1. The van der Waals surface area contributed by atoms with Crippen molar-refractivity contribution in [3.05, 3.63) is 35.8 Å². The Morgan fingerprint density at radius 2 is 2.20 bits per heavy atom. The Balaban J connectivity index is 2.18. The Kier molecular flexibility index (Phi) is 4.79. The highest BCUT2D eigenvalue weighted by atomic mass is 16.5. The van der Waals surface area contributed by atoms with Crippen molar-refractivity contribution in [3.8, 4) is 17.0 Å². The van der Waals surface area contributed by atoms with Crippen LogP contribution in [0.2, 0.25) is 0 Å². The van der Waals surface area contributed by atoms with Gasteiger partial charge in [-0.15, -0.1) is 0 Å². The van der Waals surface area contributed by atoms with Crippen molar-refractivity contribution in [1.82, 2.24) is 15.3 Å². The molecule has 4 heteroatoms. The van der Waals surface area contributed by atoms with E-state index in [0.717, 1.165) is 35.8 Å². The van der Waals surface area contributed by atoms with Gasteiger partial charge in [0.25, 0.3) is 0 Å². The monoisotopic (exact) mass is 273 g/mol. The van der Waals surface area contributed by atoms with Crippen LogP contribution in [-0.2, 0) is 6.54 Å². The van der Waals surface area contributed by atoms with Crippen molar-refractivity contribution in [1.29, 1.82) is 0 Å². The first-order chi connectivity index (χ1) is 9.63. The van der Waals surface area contributed by atoms with Crippen LogP contribution in [-0.4, -0.2) is 23.1 Å². The summed E-state index contributed by atoms with van der Waals surface area (Å²) in [6.45, 7) is 7.17. The number of benzene rings is 1. The SMILES string of the molecule is CCC(C)NCc1ncc(-c2cc(C)ccc2OC)[nH]1. The summed E-state index contributed by atoms with van der Waals surface area (Å²) in [5.74, 6) is 1.81. The molecule has 108 valence electrons. The van der Waals surface area contributed by atoms with Gasteiger partial charge in [-0.2, -0.15) is 0 Å². The van der Waals surface area contributed by atoms with Crippen molar-refractivity contribution >= 4 is 0 Å². The normalized spacial score (nSPS) is 12.4. The number of ether oxygens (including phenoxy) is 1. The van der Waals surface area contributed by atoms with Crippen LogP contribution in [0.15, 0.2) is 24.4 Å². The van der Waals surface area contributed by atoms with Gasteiger partial charge in [0.2, 0.25) is 0 Å². The lowest BCUT2D eigenvalue weighted by Gasteiger charge is -2.09. The molecule has 0 saturated carbocycles. The molecule has 0 radical (unpaired) electrons. The zero-order valence-corrected chi connectivity index (χ0v) is 12.7. The van der Waals surface area contributed by atoms with Crippen LogP contribution in [0.25, 0.3) is 11.3 Å². The predicted molar refractivity (Wildman–Crippen MR) is 81.9 cm³/mol. The minimum atomic E-state index is 0.497. The Morgan fingerprint density at radius 3 is 2.90 bits per heavy atom. The second-order valence-electron chi connectivity index (χ2n) is 5.14. The third-order valence-corrected chi connectivity index (χ3v) is 3.50. The molecular weight excluding hydrogens is 250 g/mol. The molecule has 0 bridgehead atoms. The van der Waals surface area contributed by atoms with Crippen LogP contribution in [0, 0.1) is 6.92 Å². The molecule has 1 atom stereocenters. The van der Waals surface area contributed by atoms with Gasteiger partial charge in [0, 0.05) is 11.6 Å². The van der Waals surface area contributed by atoms with Gasteiger partial charge in [-0.3, -0.25) is 0 Å². The molecule has 0 spiro atoms. The molecule has 1 aromatic carbocycles. The third-order valence-electron chi connectivity index (χ3n) is 3.50. The van der Waals surface area contributed by atoms with E-state index in [1.165, 1.54) is 5.56 Å². The molecule has 0 amide bonds. The topological polar surface area (TPSA) is 49.9 Å². The number of aromatic nitrogens is 2. The molecule has 2 rings (SSSR count). The molecule has 0 saturated heterocycles. The standard InChI is InChI=1S/C16H23N3O/c1-5-12(3)17-10-16-18-9-14(19-16)13-8-11(2)6-7-15(13)20-4/h6-9,12,17H,5,10H2,1-4H3,(H,18,19). The number of imidazole rings is 1. The minimum absolute atomic E-state index is 0.497. The molecule has 1 heterocycles. The number of aryl methyl sites for hydroxylation is 1. The van der Waals surface area contributed by atoms with Crippen LogP contribution in [0.3, 0.4) is 0 Å². The van der Waals surface area contributed by atoms with Crippen LogP contribution in [0.1, 0.15) is 31.7 Å². The van der Waals surface area contributed by atoms with E-state index in [1.54, 1.807) is 7.11 Å². The van der Waals surface area contributed by atoms with Gasteiger partial charge in [-0.05, 0) is 32.4 Å². The number of H-pyrrole nitrogens is 1. The first-order valence-corrected chi connectivity index (χ1v) is 7.06. The van der Waals surface area contributed by atoms with E-state index >= 15 is 0 Å². The van der Waals surface area contributed by atoms with Crippen molar-refractivity contribution in [2.24, 2.45) is 0 Å². The first kappa shape index (κ1) is 14.6. The fourth-order valence-electron chi connectivity index (χ4n) is 2.04. The molecule has 0 aliphatic carbocycles. The lowest BCUT2D eigenvalue weighted by molar-refractivity contribution is 0.416. The van der Waals surface area contributed by atoms with Gasteiger partial charge in [0.05, 0.1) is 25.5 Å². The molecule has 20 heavy (non-hydrogen) atoms. The van der Waals surface area contributed by atoms with Crippen LogP contribution < -0.4 is 10.1 Å². The maximum Gasteiger partial charge on any atom is 0.128 e. The number of nitrogens with one attached hydrogen (secondary N) is 2.